The van der Waals surface area contributed by atoms with Gasteiger partial charge in [0.15, 0.2) is 10.1 Å². The van der Waals surface area contributed by atoms with Gasteiger partial charge in [-0.25, -0.2) is 17.9 Å². The summed E-state index contributed by atoms with van der Waals surface area (Å²) in [6.07, 6.45) is -22.0. The van der Waals surface area contributed by atoms with Crippen LogP contribution in [0.5, 0.6) is 0 Å². The van der Waals surface area contributed by atoms with Crippen molar-refractivity contribution in [3.63, 3.8) is 0 Å². The van der Waals surface area contributed by atoms with Crippen LogP contribution in [-0.2, 0) is 24.3 Å². The summed E-state index contributed by atoms with van der Waals surface area (Å²) < 4.78 is 201. The number of hydrogen-bond donors (Lipinski definition) is 0. The first-order valence-electron chi connectivity index (χ1n) is 5.51. The van der Waals surface area contributed by atoms with E-state index < -0.39 is 50.7 Å². The quantitative estimate of drug-likeness (QED) is 0.145. The largest absolute Gasteiger partial charge is 1.00 e. The summed E-state index contributed by atoms with van der Waals surface area (Å²) in [7, 11) is -7.30. The minimum atomic E-state index is -7.57. The Morgan fingerprint density at radius 1 is 0.700 bits per heavy atom. The van der Waals surface area contributed by atoms with Crippen LogP contribution in [0.3, 0.4) is 0 Å². The van der Waals surface area contributed by atoms with E-state index >= 15 is 0 Å². The summed E-state index contributed by atoms with van der Waals surface area (Å²) in [5.74, 6) is -7.54. The monoisotopic (exact) mass is 536 g/mol. The van der Waals surface area contributed by atoms with Crippen LogP contribution < -0.4 is 18.9 Å². The Bertz CT molecular complexity index is 710. The van der Waals surface area contributed by atoms with Crippen LogP contribution in [0.4, 0.5) is 57.1 Å². The first-order valence-corrected chi connectivity index (χ1v) is 7.68. The van der Waals surface area contributed by atoms with Crippen molar-refractivity contribution < 1.29 is 103 Å². The van der Waals surface area contributed by atoms with E-state index in [2.05, 4.69) is 23.2 Å². The molecule has 0 saturated heterocycles. The standard InChI is InChI=1S/C7HCl2F13O6S.Li/c8-2(11,12)3(9,13)27-5(17,18)1(10,4(14,15)16)26-6(19,20)28-7(21,22)29(23,24)25;/h(H,23,24,25);/q;+1/p-1. The molecule has 0 radical (unpaired) electrons. The van der Waals surface area contributed by atoms with Crippen molar-refractivity contribution in [2.45, 2.75) is 40.6 Å². The summed E-state index contributed by atoms with van der Waals surface area (Å²) in [5.41, 5.74) is -6.71. The van der Waals surface area contributed by atoms with E-state index in [4.69, 9.17) is 0 Å². The van der Waals surface area contributed by atoms with Gasteiger partial charge in [-0.1, -0.05) is 0 Å². The molecular formula is C7Cl2F13LiO6S. The van der Waals surface area contributed by atoms with Crippen LogP contribution in [0, 0.1) is 0 Å². The van der Waals surface area contributed by atoms with Gasteiger partial charge in [0.2, 0.25) is 0 Å². The van der Waals surface area contributed by atoms with E-state index in [1.165, 1.54) is 0 Å². The Morgan fingerprint density at radius 3 is 1.33 bits per heavy atom. The molecule has 0 aliphatic carbocycles. The molecule has 0 amide bonds. The fourth-order valence-corrected chi connectivity index (χ4v) is 1.28. The van der Waals surface area contributed by atoms with E-state index in [0.29, 0.717) is 0 Å². The number of hydrogen-bond acceptors (Lipinski definition) is 6. The van der Waals surface area contributed by atoms with E-state index in [1.807, 2.05) is 4.74 Å². The predicted molar refractivity (Wildman–Crippen MR) is 58.2 cm³/mol. The number of ether oxygens (including phenoxy) is 3. The van der Waals surface area contributed by atoms with Crippen molar-refractivity contribution in [2.24, 2.45) is 0 Å². The Balaban J connectivity index is 0. The number of halogens is 15. The molecule has 0 aromatic rings. The zero-order valence-electron chi connectivity index (χ0n) is 13.0. The molecule has 0 fully saturated rings. The van der Waals surface area contributed by atoms with E-state index in [-0.39, 0.29) is 18.9 Å². The maximum atomic E-state index is 13.6. The smallest absolute Gasteiger partial charge is 0.741 e. The average molecular weight is 537 g/mol. The minimum absolute atomic E-state index is 0. The molecule has 0 saturated carbocycles. The molecule has 0 rings (SSSR count). The molecule has 176 valence electrons. The molecule has 0 spiro atoms. The molecule has 6 nitrogen and oxygen atoms in total. The third-order valence-corrected chi connectivity index (χ3v) is 3.43. The van der Waals surface area contributed by atoms with E-state index in [9.17, 15) is 70.0 Å². The van der Waals surface area contributed by atoms with Gasteiger partial charge in [0.05, 0.1) is 0 Å². The Kier molecular flexibility index (Phi) is 9.43. The molecule has 2 unspecified atom stereocenters. The van der Waals surface area contributed by atoms with Crippen molar-refractivity contribution >= 4 is 33.3 Å². The second kappa shape index (κ2) is 8.77. The van der Waals surface area contributed by atoms with Crippen LogP contribution in [0.2, 0.25) is 0 Å². The second-order valence-electron chi connectivity index (χ2n) is 4.31. The molecule has 0 aliphatic heterocycles. The summed E-state index contributed by atoms with van der Waals surface area (Å²) in [6, 6.07) is 0. The van der Waals surface area contributed by atoms with Gasteiger partial charge in [-0.3, -0.25) is 4.74 Å². The molecular weight excluding hydrogens is 537 g/mol. The van der Waals surface area contributed by atoms with Gasteiger partial charge in [-0.05, 0) is 23.2 Å². The van der Waals surface area contributed by atoms with Crippen molar-refractivity contribution in [1.29, 1.82) is 0 Å². The second-order valence-corrected chi connectivity index (χ2v) is 6.66. The Morgan fingerprint density at radius 2 is 1.07 bits per heavy atom. The molecule has 0 heterocycles. The summed E-state index contributed by atoms with van der Waals surface area (Å²) in [5, 5.41) is -11.8. The Labute approximate surface area is 177 Å². The predicted octanol–water partition coefficient (Wildman–Crippen LogP) is 1.20. The van der Waals surface area contributed by atoms with Crippen molar-refractivity contribution in [2.75, 3.05) is 0 Å². The fourth-order valence-electron chi connectivity index (χ4n) is 0.941. The van der Waals surface area contributed by atoms with Gasteiger partial charge in [0.25, 0.3) is 0 Å². The third-order valence-electron chi connectivity index (χ3n) is 2.11. The van der Waals surface area contributed by atoms with Crippen LogP contribution in [0.25, 0.3) is 0 Å². The van der Waals surface area contributed by atoms with Gasteiger partial charge < -0.3 is 4.55 Å². The number of rotatable bonds is 9. The SMILES string of the molecule is O=S(=O)([O-])C(F)(F)OC(F)(F)OC(F)(C(F)(F)F)C(F)(F)OC(F)(Cl)C(F)(F)Cl.[Li+]. The van der Waals surface area contributed by atoms with Gasteiger partial charge >= 0.3 is 59.4 Å². The first kappa shape index (κ1) is 32.2. The van der Waals surface area contributed by atoms with Gasteiger partial charge in [0.1, 0.15) is 0 Å². The summed E-state index contributed by atoms with van der Waals surface area (Å²) >= 11 is 7.64. The molecule has 0 N–H and O–H groups in total. The average Bonchev–Trinajstić information content (AvgIpc) is 2.30. The molecule has 23 heteroatoms. The molecule has 0 aromatic heterocycles. The van der Waals surface area contributed by atoms with Crippen molar-refractivity contribution in [1.82, 2.24) is 0 Å². The first-order chi connectivity index (χ1) is 12.1. The van der Waals surface area contributed by atoms with Crippen molar-refractivity contribution in [3.05, 3.63) is 0 Å². The zero-order chi connectivity index (χ0) is 24.1. The summed E-state index contributed by atoms with van der Waals surface area (Å²) in [4.78, 5) is 0. The summed E-state index contributed by atoms with van der Waals surface area (Å²) in [6.45, 7) is 0. The van der Waals surface area contributed by atoms with Gasteiger partial charge in [-0.2, -0.15) is 48.3 Å². The molecule has 30 heavy (non-hydrogen) atoms. The Hall–Kier alpha value is 0.0574. The van der Waals surface area contributed by atoms with Crippen molar-refractivity contribution in [3.8, 4) is 0 Å². The van der Waals surface area contributed by atoms with Crippen LogP contribution in [-0.4, -0.2) is 53.5 Å². The van der Waals surface area contributed by atoms with Crippen LogP contribution >= 0.6 is 23.2 Å². The third kappa shape index (κ3) is 7.03. The maximum absolute atomic E-state index is 13.6. The normalized spacial score (nSPS) is 18.9. The molecule has 0 aromatic carbocycles. The molecule has 0 aliphatic rings. The van der Waals surface area contributed by atoms with E-state index in [0.717, 1.165) is 0 Å². The van der Waals surface area contributed by atoms with Gasteiger partial charge in [-0.15, -0.1) is 8.78 Å². The molecule has 2 atom stereocenters. The van der Waals surface area contributed by atoms with E-state index in [1.54, 1.807) is 9.47 Å². The zero-order valence-corrected chi connectivity index (χ0v) is 15.4. The topological polar surface area (TPSA) is 84.9 Å². The fraction of sp³-hybridized carbons (Fsp3) is 1.00. The number of alkyl halides is 15. The van der Waals surface area contributed by atoms with Crippen LogP contribution in [0.1, 0.15) is 0 Å². The van der Waals surface area contributed by atoms with Gasteiger partial charge in [0, 0.05) is 0 Å². The van der Waals surface area contributed by atoms with Crippen LogP contribution in [0.15, 0.2) is 0 Å². The minimum Gasteiger partial charge on any atom is -0.741 e. The molecule has 0 bridgehead atoms. The maximum Gasteiger partial charge on any atom is 1.00 e.